The van der Waals surface area contributed by atoms with Gasteiger partial charge >= 0.3 is 0 Å². The van der Waals surface area contributed by atoms with E-state index in [1.807, 2.05) is 19.1 Å². The molecular weight excluding hydrogens is 240 g/mol. The van der Waals surface area contributed by atoms with Gasteiger partial charge in [-0.15, -0.1) is 0 Å². The van der Waals surface area contributed by atoms with Crippen LogP contribution in [0.25, 0.3) is 0 Å². The molecule has 0 saturated carbocycles. The number of rotatable bonds is 4. The number of hydrogen-bond donors (Lipinski definition) is 0. The van der Waals surface area contributed by atoms with E-state index in [2.05, 4.69) is 6.07 Å². The molecule has 0 atom stereocenters. The molecule has 2 rings (SSSR count). The predicted octanol–water partition coefficient (Wildman–Crippen LogP) is 2.11. The van der Waals surface area contributed by atoms with E-state index in [1.165, 1.54) is 0 Å². The molecule has 0 fully saturated rings. The van der Waals surface area contributed by atoms with Crippen molar-refractivity contribution in [2.24, 2.45) is 0 Å². The molecule has 0 saturated heterocycles. The summed E-state index contributed by atoms with van der Waals surface area (Å²) in [6, 6.07) is 12.6. The minimum absolute atomic E-state index is 0.0443. The van der Waals surface area contributed by atoms with E-state index >= 15 is 0 Å². The average molecular weight is 254 g/mol. The topological polar surface area (TPSA) is 55.0 Å². The smallest absolute Gasteiger partial charge is 0.250 e. The van der Waals surface area contributed by atoms with E-state index < -0.39 is 0 Å². The fourth-order valence-electron chi connectivity index (χ4n) is 1.73. The van der Waals surface area contributed by atoms with Gasteiger partial charge in [-0.2, -0.15) is 5.26 Å². The summed E-state index contributed by atoms with van der Waals surface area (Å²) in [6.45, 7) is 2.69. The maximum Gasteiger partial charge on any atom is 0.250 e. The standard InChI is InChI=1S/C15H14N2O2/c1-12-6-7-17(15(18)10-12)8-9-19-14-5-3-2-4-13(14)11-16/h2-7,10H,8-9H2,1H3. The van der Waals surface area contributed by atoms with Gasteiger partial charge in [0.1, 0.15) is 18.4 Å². The van der Waals surface area contributed by atoms with Crippen molar-refractivity contribution in [3.8, 4) is 11.8 Å². The van der Waals surface area contributed by atoms with Crippen LogP contribution in [0.15, 0.2) is 47.4 Å². The molecule has 19 heavy (non-hydrogen) atoms. The molecule has 0 bridgehead atoms. The monoisotopic (exact) mass is 254 g/mol. The summed E-state index contributed by atoms with van der Waals surface area (Å²) >= 11 is 0. The third kappa shape index (κ3) is 3.23. The molecular formula is C15H14N2O2. The minimum atomic E-state index is -0.0443. The summed E-state index contributed by atoms with van der Waals surface area (Å²) in [5, 5.41) is 8.92. The van der Waals surface area contributed by atoms with Gasteiger partial charge in [0.2, 0.25) is 0 Å². The zero-order valence-corrected chi connectivity index (χ0v) is 10.7. The molecule has 4 nitrogen and oxygen atoms in total. The van der Waals surface area contributed by atoms with Gasteiger partial charge in [0.15, 0.2) is 0 Å². The quantitative estimate of drug-likeness (QED) is 0.839. The van der Waals surface area contributed by atoms with E-state index in [9.17, 15) is 4.79 Å². The Morgan fingerprint density at radius 3 is 2.84 bits per heavy atom. The SMILES string of the molecule is Cc1ccn(CCOc2ccccc2C#N)c(=O)c1. The third-order valence-electron chi connectivity index (χ3n) is 2.75. The van der Waals surface area contributed by atoms with Crippen LogP contribution < -0.4 is 10.3 Å². The highest BCUT2D eigenvalue weighted by Crippen LogP contribution is 2.16. The molecule has 0 aliphatic heterocycles. The summed E-state index contributed by atoms with van der Waals surface area (Å²) in [7, 11) is 0. The van der Waals surface area contributed by atoms with Crippen LogP contribution in [0.1, 0.15) is 11.1 Å². The first kappa shape index (κ1) is 12.9. The Morgan fingerprint density at radius 2 is 2.11 bits per heavy atom. The van der Waals surface area contributed by atoms with Crippen molar-refractivity contribution < 1.29 is 4.74 Å². The van der Waals surface area contributed by atoms with Crippen LogP contribution in [-0.4, -0.2) is 11.2 Å². The van der Waals surface area contributed by atoms with Crippen molar-refractivity contribution >= 4 is 0 Å². The number of para-hydroxylation sites is 1. The highest BCUT2D eigenvalue weighted by molar-refractivity contribution is 5.42. The van der Waals surface area contributed by atoms with Gasteiger partial charge in [0.25, 0.3) is 5.56 Å². The highest BCUT2D eigenvalue weighted by atomic mass is 16.5. The number of nitrogens with zero attached hydrogens (tertiary/aromatic N) is 2. The molecule has 0 spiro atoms. The average Bonchev–Trinajstić information content (AvgIpc) is 2.42. The number of benzene rings is 1. The van der Waals surface area contributed by atoms with E-state index in [4.69, 9.17) is 10.00 Å². The Bertz CT molecular complexity index is 668. The summed E-state index contributed by atoms with van der Waals surface area (Å²) in [6.07, 6.45) is 1.75. The molecule has 0 unspecified atom stereocenters. The van der Waals surface area contributed by atoms with Gasteiger partial charge in [-0.1, -0.05) is 12.1 Å². The van der Waals surface area contributed by atoms with E-state index in [0.717, 1.165) is 5.56 Å². The Balaban J connectivity index is 2.01. The van der Waals surface area contributed by atoms with Crippen LogP contribution >= 0.6 is 0 Å². The zero-order chi connectivity index (χ0) is 13.7. The summed E-state index contributed by atoms with van der Waals surface area (Å²) < 4.78 is 7.12. The van der Waals surface area contributed by atoms with Crippen LogP contribution in [0.4, 0.5) is 0 Å². The molecule has 4 heteroatoms. The lowest BCUT2D eigenvalue weighted by atomic mass is 10.2. The van der Waals surface area contributed by atoms with Gasteiger partial charge in [0, 0.05) is 12.3 Å². The zero-order valence-electron chi connectivity index (χ0n) is 10.7. The second-order valence-electron chi connectivity index (χ2n) is 4.19. The van der Waals surface area contributed by atoms with Crippen LogP contribution in [0.5, 0.6) is 5.75 Å². The Hall–Kier alpha value is -2.54. The maximum absolute atomic E-state index is 11.7. The van der Waals surface area contributed by atoms with Crippen molar-refractivity contribution in [1.29, 1.82) is 5.26 Å². The molecule has 96 valence electrons. The first-order chi connectivity index (χ1) is 9.20. The van der Waals surface area contributed by atoms with Crippen LogP contribution in [0.2, 0.25) is 0 Å². The summed E-state index contributed by atoms with van der Waals surface area (Å²) in [5.74, 6) is 0.546. The Morgan fingerprint density at radius 1 is 1.32 bits per heavy atom. The number of nitriles is 1. The lowest BCUT2D eigenvalue weighted by Crippen LogP contribution is -2.22. The summed E-state index contributed by atoms with van der Waals surface area (Å²) in [5.41, 5.74) is 1.40. The fraction of sp³-hybridized carbons (Fsp3) is 0.200. The molecule has 0 amide bonds. The van der Waals surface area contributed by atoms with Crippen molar-refractivity contribution in [1.82, 2.24) is 4.57 Å². The molecule has 2 aromatic rings. The van der Waals surface area contributed by atoms with E-state index in [0.29, 0.717) is 24.5 Å². The van der Waals surface area contributed by atoms with Gasteiger partial charge < -0.3 is 9.30 Å². The predicted molar refractivity (Wildman–Crippen MR) is 72.1 cm³/mol. The van der Waals surface area contributed by atoms with Gasteiger partial charge in [0.05, 0.1) is 12.1 Å². The molecule has 0 radical (unpaired) electrons. The van der Waals surface area contributed by atoms with Gasteiger partial charge in [-0.05, 0) is 30.7 Å². The molecule has 0 aliphatic rings. The largest absolute Gasteiger partial charge is 0.490 e. The second kappa shape index (κ2) is 5.87. The van der Waals surface area contributed by atoms with Gasteiger partial charge in [-0.3, -0.25) is 4.79 Å². The van der Waals surface area contributed by atoms with Crippen molar-refractivity contribution in [2.75, 3.05) is 6.61 Å². The second-order valence-corrected chi connectivity index (χ2v) is 4.19. The Kier molecular flexibility index (Phi) is 3.99. The highest BCUT2D eigenvalue weighted by Gasteiger charge is 2.02. The van der Waals surface area contributed by atoms with Crippen molar-refractivity contribution in [3.63, 3.8) is 0 Å². The van der Waals surface area contributed by atoms with E-state index in [1.54, 1.807) is 35.0 Å². The number of aryl methyl sites for hydroxylation is 1. The van der Waals surface area contributed by atoms with Crippen LogP contribution in [0.3, 0.4) is 0 Å². The van der Waals surface area contributed by atoms with E-state index in [-0.39, 0.29) is 5.56 Å². The number of ether oxygens (including phenoxy) is 1. The first-order valence-electron chi connectivity index (χ1n) is 6.00. The molecule has 0 aliphatic carbocycles. The third-order valence-corrected chi connectivity index (χ3v) is 2.75. The fourth-order valence-corrected chi connectivity index (χ4v) is 1.73. The number of aromatic nitrogens is 1. The lowest BCUT2D eigenvalue weighted by molar-refractivity contribution is 0.295. The first-order valence-corrected chi connectivity index (χ1v) is 6.00. The molecule has 1 heterocycles. The lowest BCUT2D eigenvalue weighted by Gasteiger charge is -2.09. The maximum atomic E-state index is 11.7. The Labute approximate surface area is 111 Å². The van der Waals surface area contributed by atoms with Crippen LogP contribution in [0, 0.1) is 18.3 Å². The van der Waals surface area contributed by atoms with Crippen molar-refractivity contribution in [2.45, 2.75) is 13.5 Å². The number of pyridine rings is 1. The molecule has 1 aromatic carbocycles. The minimum Gasteiger partial charge on any atom is -0.490 e. The van der Waals surface area contributed by atoms with Crippen molar-refractivity contribution in [3.05, 3.63) is 64.1 Å². The number of hydrogen-bond acceptors (Lipinski definition) is 3. The van der Waals surface area contributed by atoms with Gasteiger partial charge in [-0.25, -0.2) is 0 Å². The molecule has 1 aromatic heterocycles. The molecule has 0 N–H and O–H groups in total. The van der Waals surface area contributed by atoms with Crippen LogP contribution in [-0.2, 0) is 6.54 Å². The summed E-state index contributed by atoms with van der Waals surface area (Å²) in [4.78, 5) is 11.7. The normalized spacial score (nSPS) is 9.89.